The van der Waals surface area contributed by atoms with Crippen molar-refractivity contribution >= 4 is 45.9 Å². The molecular weight excluding hydrogens is 761 g/mol. The fourth-order valence-corrected chi connectivity index (χ4v) is 7.33. The summed E-state index contributed by atoms with van der Waals surface area (Å²) in [5, 5.41) is 2.10. The van der Waals surface area contributed by atoms with Crippen LogP contribution in [0, 0.1) is 0 Å². The summed E-state index contributed by atoms with van der Waals surface area (Å²) in [6, 6.07) is 61.3. The summed E-state index contributed by atoms with van der Waals surface area (Å²) in [6.07, 6.45) is 6.79. The maximum Gasteiger partial charge on any atom is 0.164 e. The largest absolute Gasteiger partial charge is 0.456 e. The van der Waals surface area contributed by atoms with Crippen LogP contribution in [-0.2, 0) is 6.54 Å². The van der Waals surface area contributed by atoms with Gasteiger partial charge in [-0.05, 0) is 65.7 Å². The molecule has 7 heteroatoms. The first-order valence-corrected chi connectivity index (χ1v) is 20.6. The van der Waals surface area contributed by atoms with Gasteiger partial charge in [0.05, 0.1) is 6.54 Å². The Kier molecular flexibility index (Phi) is 11.7. The van der Waals surface area contributed by atoms with Crippen LogP contribution in [0.3, 0.4) is 0 Å². The molecule has 0 aliphatic heterocycles. The summed E-state index contributed by atoms with van der Waals surface area (Å²) in [4.78, 5) is 28.7. The minimum Gasteiger partial charge on any atom is -0.456 e. The van der Waals surface area contributed by atoms with E-state index in [0.29, 0.717) is 42.1 Å². The zero-order chi connectivity index (χ0) is 42.1. The fourth-order valence-electron chi connectivity index (χ4n) is 7.33. The second-order valence-corrected chi connectivity index (χ2v) is 14.7. The lowest BCUT2D eigenvalue weighted by Gasteiger charge is -2.09. The number of benzene rings is 7. The zero-order valence-corrected chi connectivity index (χ0v) is 34.3. The van der Waals surface area contributed by atoms with Crippen LogP contribution in [0.25, 0.3) is 72.8 Å². The molecule has 298 valence electrons. The lowest BCUT2D eigenvalue weighted by molar-refractivity contribution is 0.669. The number of aromatic nitrogens is 3. The predicted molar refractivity (Wildman–Crippen MR) is 256 cm³/mol. The van der Waals surface area contributed by atoms with Crippen LogP contribution in [0.4, 0.5) is 0 Å². The molecule has 0 aliphatic rings. The Morgan fingerprint density at radius 2 is 1.06 bits per heavy atom. The van der Waals surface area contributed by atoms with Gasteiger partial charge in [-0.25, -0.2) is 24.9 Å². The molecule has 2 aromatic heterocycles. The summed E-state index contributed by atoms with van der Waals surface area (Å²) >= 11 is 0. The smallest absolute Gasteiger partial charge is 0.164 e. The van der Waals surface area contributed by atoms with Gasteiger partial charge < -0.3 is 4.42 Å². The maximum absolute atomic E-state index is 6.33. The molecule has 0 unspecified atom stereocenters. The van der Waals surface area contributed by atoms with Gasteiger partial charge >= 0.3 is 0 Å². The van der Waals surface area contributed by atoms with Crippen molar-refractivity contribution in [1.29, 1.82) is 0 Å². The SMILES string of the molecule is C=NC(C/C=C\C(=C/C)c1ccc2oc3ccc(-c4ccc(-c5nc(-c6ccccc6)nc(-c6ccccc6)n5)cc4)cc3c2c1)=NC(=NCc1ccccc1)c1ccccc1. The first-order chi connectivity index (χ1) is 30.6. The monoisotopic (exact) mass is 802 g/mol. The van der Waals surface area contributed by atoms with E-state index in [1.807, 2.05) is 122 Å². The van der Waals surface area contributed by atoms with Crippen molar-refractivity contribution in [3.05, 3.63) is 217 Å². The number of amidine groups is 2. The highest BCUT2D eigenvalue weighted by Crippen LogP contribution is 2.35. The quantitative estimate of drug-likeness (QED) is 0.0740. The summed E-state index contributed by atoms with van der Waals surface area (Å²) in [7, 11) is 0. The first kappa shape index (κ1) is 39.3. The third-order valence-electron chi connectivity index (χ3n) is 10.6. The van der Waals surface area contributed by atoms with Crippen LogP contribution in [0.2, 0.25) is 0 Å². The van der Waals surface area contributed by atoms with E-state index >= 15 is 0 Å². The second kappa shape index (κ2) is 18.4. The number of furan rings is 1. The van der Waals surface area contributed by atoms with Gasteiger partial charge in [0.1, 0.15) is 17.0 Å². The van der Waals surface area contributed by atoms with E-state index in [1.165, 1.54) is 0 Å². The molecule has 0 N–H and O–H groups in total. The normalized spacial score (nSPS) is 12.4. The molecule has 9 aromatic rings. The molecule has 7 nitrogen and oxygen atoms in total. The summed E-state index contributed by atoms with van der Waals surface area (Å²) < 4.78 is 6.33. The number of hydrogen-bond acceptors (Lipinski definition) is 5. The first-order valence-electron chi connectivity index (χ1n) is 20.6. The van der Waals surface area contributed by atoms with Crippen LogP contribution in [0.15, 0.2) is 220 Å². The highest BCUT2D eigenvalue weighted by atomic mass is 16.3. The number of fused-ring (bicyclic) bond motifs is 3. The Bertz CT molecular complexity index is 3060. The van der Waals surface area contributed by atoms with E-state index in [-0.39, 0.29) is 0 Å². The lowest BCUT2D eigenvalue weighted by Crippen LogP contribution is -2.03. The molecule has 0 bridgehead atoms. The van der Waals surface area contributed by atoms with E-state index < -0.39 is 0 Å². The Hall–Kier alpha value is -8.16. The molecule has 7 aromatic carbocycles. The molecule has 0 saturated carbocycles. The molecule has 9 rings (SSSR count). The van der Waals surface area contributed by atoms with Crippen molar-refractivity contribution in [2.75, 3.05) is 0 Å². The number of aliphatic imine (C=N–C) groups is 3. The molecule has 0 spiro atoms. The third kappa shape index (κ3) is 8.88. The molecule has 62 heavy (non-hydrogen) atoms. The second-order valence-electron chi connectivity index (χ2n) is 14.7. The maximum atomic E-state index is 6.33. The Morgan fingerprint density at radius 1 is 0.548 bits per heavy atom. The van der Waals surface area contributed by atoms with Crippen LogP contribution in [-0.4, -0.2) is 33.3 Å². The highest BCUT2D eigenvalue weighted by molar-refractivity contribution is 6.08. The molecule has 2 heterocycles. The van der Waals surface area contributed by atoms with Gasteiger partial charge in [-0.15, -0.1) is 0 Å². The number of hydrogen-bond donors (Lipinski definition) is 0. The molecule has 0 atom stereocenters. The molecule has 0 radical (unpaired) electrons. The van der Waals surface area contributed by atoms with Crippen molar-refractivity contribution in [1.82, 2.24) is 15.0 Å². The van der Waals surface area contributed by atoms with Gasteiger partial charge in [0, 0.05) is 39.4 Å². The molecule has 0 aliphatic carbocycles. The third-order valence-corrected chi connectivity index (χ3v) is 10.6. The van der Waals surface area contributed by atoms with Crippen molar-refractivity contribution in [3.63, 3.8) is 0 Å². The number of nitrogens with zero attached hydrogens (tertiary/aromatic N) is 6. The van der Waals surface area contributed by atoms with E-state index in [4.69, 9.17) is 29.4 Å². The molecular formula is C55H42N6O. The molecule has 0 amide bonds. The van der Waals surface area contributed by atoms with E-state index in [2.05, 4.69) is 96.7 Å². The number of allylic oxidation sites excluding steroid dienone is 3. The minimum atomic E-state index is 0.493. The van der Waals surface area contributed by atoms with Gasteiger partial charge in [0.25, 0.3) is 0 Å². The van der Waals surface area contributed by atoms with Crippen molar-refractivity contribution in [2.45, 2.75) is 19.9 Å². The van der Waals surface area contributed by atoms with Gasteiger partial charge in [0.2, 0.25) is 0 Å². The van der Waals surface area contributed by atoms with Gasteiger partial charge in [-0.3, -0.25) is 4.99 Å². The van der Waals surface area contributed by atoms with Gasteiger partial charge in [-0.2, -0.15) is 0 Å². The van der Waals surface area contributed by atoms with E-state index in [0.717, 1.165) is 72.0 Å². The highest BCUT2D eigenvalue weighted by Gasteiger charge is 2.14. The zero-order valence-electron chi connectivity index (χ0n) is 34.3. The van der Waals surface area contributed by atoms with Crippen LogP contribution in [0.1, 0.15) is 30.0 Å². The van der Waals surface area contributed by atoms with Gasteiger partial charge in [-0.1, -0.05) is 176 Å². The minimum absolute atomic E-state index is 0.493. The topological polar surface area (TPSA) is 88.9 Å². The number of rotatable bonds is 11. The van der Waals surface area contributed by atoms with Crippen molar-refractivity contribution in [2.24, 2.45) is 15.0 Å². The summed E-state index contributed by atoms with van der Waals surface area (Å²) in [5.74, 6) is 3.11. The van der Waals surface area contributed by atoms with E-state index in [1.54, 1.807) is 0 Å². The summed E-state index contributed by atoms with van der Waals surface area (Å²) in [6.45, 7) is 6.40. The van der Waals surface area contributed by atoms with Crippen LogP contribution < -0.4 is 0 Å². The Morgan fingerprint density at radius 3 is 1.66 bits per heavy atom. The van der Waals surface area contributed by atoms with Crippen molar-refractivity contribution in [3.8, 4) is 45.3 Å². The Balaban J connectivity index is 0.966. The average Bonchev–Trinajstić information content (AvgIpc) is 3.72. The Labute approximate surface area is 361 Å². The predicted octanol–water partition coefficient (Wildman–Crippen LogP) is 13.5. The summed E-state index contributed by atoms with van der Waals surface area (Å²) in [5.41, 5.74) is 10.8. The van der Waals surface area contributed by atoms with Gasteiger partial charge in [0.15, 0.2) is 23.3 Å². The molecule has 0 fully saturated rings. The van der Waals surface area contributed by atoms with Crippen LogP contribution >= 0.6 is 0 Å². The molecule has 0 saturated heterocycles. The van der Waals surface area contributed by atoms with E-state index in [9.17, 15) is 0 Å². The van der Waals surface area contributed by atoms with Crippen LogP contribution in [0.5, 0.6) is 0 Å². The van der Waals surface area contributed by atoms with Crippen molar-refractivity contribution < 1.29 is 4.42 Å². The average molecular weight is 803 g/mol. The standard InChI is InChI=1S/C55H42N6O/c1-3-39(25-16-26-51(56-2)58-52(41-19-10-5-11-20-41)57-37-38-17-8-4-9-18-38)45-31-33-49-47(35-45)48-36-46(32-34-50(48)62-49)40-27-29-44(30-28-40)55-60-53(42-21-12-6-13-22-42)59-54(61-55)43-23-14-7-15-24-43/h3-25,27-36H,2,26,37H2,1H3/b25-16-,39-3+,57-52?,58-51?. The lowest BCUT2D eigenvalue weighted by atomic mass is 9.99. The fraction of sp³-hybridized carbons (Fsp3) is 0.0545.